The van der Waals surface area contributed by atoms with Crippen molar-refractivity contribution < 1.29 is 0 Å². The molecule has 2 aromatic heterocycles. The quantitative estimate of drug-likeness (QED) is 0.907. The van der Waals surface area contributed by atoms with Gasteiger partial charge in [-0.1, -0.05) is 6.07 Å². The Morgan fingerprint density at radius 2 is 2.31 bits per heavy atom. The van der Waals surface area contributed by atoms with Gasteiger partial charge in [0, 0.05) is 17.3 Å². The lowest BCUT2D eigenvalue weighted by atomic mass is 10.2. The van der Waals surface area contributed by atoms with Gasteiger partial charge in [0.2, 0.25) is 0 Å². The topological polar surface area (TPSA) is 51.8 Å². The van der Waals surface area contributed by atoms with Crippen LogP contribution in [0.5, 0.6) is 0 Å². The number of aromatic nitrogens is 2. The summed E-state index contributed by atoms with van der Waals surface area (Å²) < 4.78 is 1.04. The lowest BCUT2D eigenvalue weighted by Gasteiger charge is -1.99. The summed E-state index contributed by atoms with van der Waals surface area (Å²) in [4.78, 5) is 8.76. The molecule has 5 heteroatoms. The number of hydrogen-bond donors (Lipinski definition) is 1. The van der Waals surface area contributed by atoms with Crippen molar-refractivity contribution in [1.29, 1.82) is 0 Å². The van der Waals surface area contributed by atoms with E-state index in [9.17, 15) is 0 Å². The van der Waals surface area contributed by atoms with E-state index in [2.05, 4.69) is 16.0 Å². The van der Waals surface area contributed by atoms with Gasteiger partial charge >= 0.3 is 0 Å². The molecule has 0 aliphatic heterocycles. The standard InChI is InChI=1S/C11H13N3S2/c1-8-7-15-11(14-8)16-10-3-2-9(4-5-12)6-13-10/h2-3,6-7H,4-5,12H2,1H3. The van der Waals surface area contributed by atoms with Gasteiger partial charge in [0.25, 0.3) is 0 Å². The minimum Gasteiger partial charge on any atom is -0.330 e. The van der Waals surface area contributed by atoms with Crippen LogP contribution in [0.4, 0.5) is 0 Å². The zero-order valence-corrected chi connectivity index (χ0v) is 10.6. The van der Waals surface area contributed by atoms with Crippen LogP contribution in [0.1, 0.15) is 11.3 Å². The van der Waals surface area contributed by atoms with E-state index in [-0.39, 0.29) is 0 Å². The summed E-state index contributed by atoms with van der Waals surface area (Å²) in [6.07, 6.45) is 2.77. The molecule has 0 saturated heterocycles. The maximum absolute atomic E-state index is 5.48. The minimum absolute atomic E-state index is 0.667. The molecule has 2 aromatic rings. The van der Waals surface area contributed by atoms with Gasteiger partial charge in [-0.15, -0.1) is 11.3 Å². The molecule has 2 N–H and O–H groups in total. The maximum atomic E-state index is 5.48. The van der Waals surface area contributed by atoms with Crippen LogP contribution in [-0.2, 0) is 6.42 Å². The Morgan fingerprint density at radius 1 is 1.44 bits per heavy atom. The fourth-order valence-corrected chi connectivity index (χ4v) is 2.98. The number of aryl methyl sites for hydroxylation is 1. The molecule has 0 atom stereocenters. The van der Waals surface area contributed by atoms with Gasteiger partial charge in [-0.05, 0) is 43.3 Å². The van der Waals surface area contributed by atoms with Gasteiger partial charge < -0.3 is 5.73 Å². The van der Waals surface area contributed by atoms with E-state index >= 15 is 0 Å². The van der Waals surface area contributed by atoms with Gasteiger partial charge in [0.15, 0.2) is 4.34 Å². The molecule has 2 rings (SSSR count). The average Bonchev–Trinajstić information content (AvgIpc) is 2.67. The molecule has 0 aliphatic carbocycles. The van der Waals surface area contributed by atoms with Crippen LogP contribution in [0.25, 0.3) is 0 Å². The summed E-state index contributed by atoms with van der Waals surface area (Å²) in [6.45, 7) is 2.66. The van der Waals surface area contributed by atoms with Crippen LogP contribution in [0.3, 0.4) is 0 Å². The van der Waals surface area contributed by atoms with Crippen molar-refractivity contribution in [3.05, 3.63) is 35.0 Å². The average molecular weight is 251 g/mol. The summed E-state index contributed by atoms with van der Waals surface area (Å²) in [6, 6.07) is 4.09. The fraction of sp³-hybridized carbons (Fsp3) is 0.273. The maximum Gasteiger partial charge on any atom is 0.156 e. The van der Waals surface area contributed by atoms with E-state index in [4.69, 9.17) is 5.73 Å². The van der Waals surface area contributed by atoms with Crippen molar-refractivity contribution in [2.24, 2.45) is 5.73 Å². The molecule has 0 aromatic carbocycles. The third-order valence-electron chi connectivity index (χ3n) is 2.02. The Labute approximate surface area is 103 Å². The number of thiazole rings is 1. The molecule has 0 saturated carbocycles. The van der Waals surface area contributed by atoms with Crippen molar-refractivity contribution in [2.45, 2.75) is 22.7 Å². The highest BCUT2D eigenvalue weighted by atomic mass is 32.2. The van der Waals surface area contributed by atoms with E-state index in [1.807, 2.05) is 24.6 Å². The molecule has 16 heavy (non-hydrogen) atoms. The second-order valence-corrected chi connectivity index (χ2v) is 5.53. The van der Waals surface area contributed by atoms with Gasteiger partial charge in [-0.3, -0.25) is 0 Å². The minimum atomic E-state index is 0.667. The number of pyridine rings is 1. The first kappa shape index (κ1) is 11.6. The van der Waals surface area contributed by atoms with Crippen molar-refractivity contribution in [2.75, 3.05) is 6.54 Å². The first-order chi connectivity index (χ1) is 7.78. The predicted octanol–water partition coefficient (Wildman–Crippen LogP) is 2.50. The van der Waals surface area contributed by atoms with Crippen molar-refractivity contribution >= 4 is 23.1 Å². The van der Waals surface area contributed by atoms with Crippen LogP contribution < -0.4 is 5.73 Å². The molecule has 0 aliphatic rings. The van der Waals surface area contributed by atoms with Crippen molar-refractivity contribution in [1.82, 2.24) is 9.97 Å². The zero-order valence-electron chi connectivity index (χ0n) is 9.01. The second-order valence-electron chi connectivity index (χ2n) is 3.40. The smallest absolute Gasteiger partial charge is 0.156 e. The predicted molar refractivity (Wildman–Crippen MR) is 68.0 cm³/mol. The molecular weight excluding hydrogens is 238 g/mol. The number of hydrogen-bond acceptors (Lipinski definition) is 5. The fourth-order valence-electron chi connectivity index (χ4n) is 1.25. The lowest BCUT2D eigenvalue weighted by molar-refractivity contribution is 0.945. The Balaban J connectivity index is 2.05. The van der Waals surface area contributed by atoms with E-state index in [1.165, 1.54) is 5.56 Å². The van der Waals surface area contributed by atoms with E-state index in [1.54, 1.807) is 23.1 Å². The Kier molecular flexibility index (Phi) is 3.93. The normalized spacial score (nSPS) is 10.6. The first-order valence-electron chi connectivity index (χ1n) is 5.03. The molecule has 0 amide bonds. The first-order valence-corrected chi connectivity index (χ1v) is 6.72. The van der Waals surface area contributed by atoms with E-state index < -0.39 is 0 Å². The largest absolute Gasteiger partial charge is 0.330 e. The molecule has 3 nitrogen and oxygen atoms in total. The van der Waals surface area contributed by atoms with Crippen molar-refractivity contribution in [3.8, 4) is 0 Å². The van der Waals surface area contributed by atoms with Gasteiger partial charge in [0.05, 0.1) is 0 Å². The monoisotopic (exact) mass is 251 g/mol. The summed E-state index contributed by atoms with van der Waals surface area (Å²) in [5, 5.41) is 3.03. The molecular formula is C11H13N3S2. The van der Waals surface area contributed by atoms with E-state index in [0.717, 1.165) is 21.5 Å². The summed E-state index contributed by atoms with van der Waals surface area (Å²) in [5.41, 5.74) is 7.73. The van der Waals surface area contributed by atoms with Crippen molar-refractivity contribution in [3.63, 3.8) is 0 Å². The molecule has 0 spiro atoms. The van der Waals surface area contributed by atoms with Crippen LogP contribution in [0, 0.1) is 6.92 Å². The highest BCUT2D eigenvalue weighted by molar-refractivity contribution is 8.00. The molecule has 0 bridgehead atoms. The number of nitrogens with two attached hydrogens (primary N) is 1. The van der Waals surface area contributed by atoms with Crippen LogP contribution in [-0.4, -0.2) is 16.5 Å². The van der Waals surface area contributed by atoms with E-state index in [0.29, 0.717) is 6.54 Å². The van der Waals surface area contributed by atoms with Gasteiger partial charge in [-0.2, -0.15) is 0 Å². The molecule has 0 fully saturated rings. The lowest BCUT2D eigenvalue weighted by Crippen LogP contribution is -2.02. The Hall–Kier alpha value is -0.910. The molecule has 2 heterocycles. The summed E-state index contributed by atoms with van der Waals surface area (Å²) >= 11 is 3.25. The zero-order chi connectivity index (χ0) is 11.4. The van der Waals surface area contributed by atoms with Crippen LogP contribution >= 0.6 is 23.1 Å². The van der Waals surface area contributed by atoms with Crippen LogP contribution in [0.2, 0.25) is 0 Å². The van der Waals surface area contributed by atoms with Gasteiger partial charge in [-0.25, -0.2) is 9.97 Å². The third kappa shape index (κ3) is 3.04. The number of rotatable bonds is 4. The van der Waals surface area contributed by atoms with Gasteiger partial charge in [0.1, 0.15) is 5.03 Å². The summed E-state index contributed by atoms with van der Waals surface area (Å²) in [5.74, 6) is 0. The number of nitrogens with zero attached hydrogens (tertiary/aromatic N) is 2. The second kappa shape index (κ2) is 5.43. The molecule has 84 valence electrons. The summed E-state index contributed by atoms with van der Waals surface area (Å²) in [7, 11) is 0. The molecule has 0 unspecified atom stereocenters. The highest BCUT2D eigenvalue weighted by Gasteiger charge is 2.02. The highest BCUT2D eigenvalue weighted by Crippen LogP contribution is 2.28. The van der Waals surface area contributed by atoms with Crippen LogP contribution in [0.15, 0.2) is 33.1 Å². The Bertz CT molecular complexity index is 451. The third-order valence-corrected chi connectivity index (χ3v) is 4.03. The SMILES string of the molecule is Cc1csc(Sc2ccc(CCN)cn2)n1. The molecule has 0 radical (unpaired) electrons. The Morgan fingerprint density at radius 3 is 2.88 bits per heavy atom.